The molecule has 4 nitrogen and oxygen atoms in total. The summed E-state index contributed by atoms with van der Waals surface area (Å²) in [5.74, 6) is 0.361. The number of guanidine groups is 1. The Labute approximate surface area is 178 Å². The zero-order valence-corrected chi connectivity index (χ0v) is 18.4. The Balaban J connectivity index is 0.00000364. The molecule has 0 aliphatic heterocycles. The van der Waals surface area contributed by atoms with Crippen LogP contribution in [0.4, 0.5) is 13.2 Å². The van der Waals surface area contributed by atoms with E-state index in [2.05, 4.69) is 15.6 Å². The second-order valence-corrected chi connectivity index (χ2v) is 8.08. The summed E-state index contributed by atoms with van der Waals surface area (Å²) in [6.45, 7) is 0.497. The fraction of sp³-hybridized carbons (Fsp3) is 0.611. The molecular formula is C18H27F3IN3OS. The summed E-state index contributed by atoms with van der Waals surface area (Å²) in [6.07, 6.45) is -2.83. The molecule has 0 radical (unpaired) electrons. The van der Waals surface area contributed by atoms with Gasteiger partial charge in [-0.25, -0.2) is 0 Å². The molecule has 1 aliphatic rings. The second-order valence-electron chi connectivity index (χ2n) is 6.51. The van der Waals surface area contributed by atoms with Gasteiger partial charge in [-0.3, -0.25) is 9.20 Å². The summed E-state index contributed by atoms with van der Waals surface area (Å²) in [5.41, 5.74) is 1.04. The molecule has 1 aromatic rings. The van der Waals surface area contributed by atoms with Gasteiger partial charge >= 0.3 is 6.18 Å². The summed E-state index contributed by atoms with van der Waals surface area (Å²) in [5, 5.41) is 6.27. The summed E-state index contributed by atoms with van der Waals surface area (Å²) in [6, 6.07) is 9.65. The Bertz CT molecular complexity index is 606. The zero-order valence-electron chi connectivity index (χ0n) is 15.3. The van der Waals surface area contributed by atoms with E-state index >= 15 is 0 Å². The van der Waals surface area contributed by atoms with Crippen molar-refractivity contribution in [2.75, 3.05) is 19.3 Å². The van der Waals surface area contributed by atoms with E-state index in [4.69, 9.17) is 0 Å². The third-order valence-electron chi connectivity index (χ3n) is 4.55. The lowest BCUT2D eigenvalue weighted by molar-refractivity contribution is -0.182. The van der Waals surface area contributed by atoms with E-state index in [0.29, 0.717) is 36.9 Å². The monoisotopic (exact) mass is 517 g/mol. The van der Waals surface area contributed by atoms with Gasteiger partial charge in [0.2, 0.25) is 0 Å². The van der Waals surface area contributed by atoms with Crippen molar-refractivity contribution >= 4 is 40.7 Å². The minimum Gasteiger partial charge on any atom is -0.355 e. The minimum absolute atomic E-state index is 0. The van der Waals surface area contributed by atoms with Crippen LogP contribution in [-0.4, -0.2) is 41.7 Å². The number of halogens is 4. The van der Waals surface area contributed by atoms with Gasteiger partial charge in [-0.05, 0) is 31.2 Å². The first kappa shape index (κ1) is 24.2. The van der Waals surface area contributed by atoms with E-state index in [1.54, 1.807) is 7.05 Å². The van der Waals surface area contributed by atoms with Gasteiger partial charge in [0.05, 0.1) is 5.92 Å². The van der Waals surface area contributed by atoms with Gasteiger partial charge in [0.1, 0.15) is 0 Å². The Morgan fingerprint density at radius 2 is 1.81 bits per heavy atom. The highest BCUT2D eigenvalue weighted by Crippen LogP contribution is 2.37. The molecule has 9 heteroatoms. The highest BCUT2D eigenvalue weighted by molar-refractivity contribution is 14.0. The number of hydrogen-bond acceptors (Lipinski definition) is 2. The molecule has 1 fully saturated rings. The second kappa shape index (κ2) is 11.9. The molecule has 1 atom stereocenters. The lowest BCUT2D eigenvalue weighted by atomic mass is 9.85. The number of nitrogens with zero attached hydrogens (tertiary/aromatic N) is 1. The van der Waals surface area contributed by atoms with Crippen LogP contribution in [-0.2, 0) is 16.6 Å². The van der Waals surface area contributed by atoms with E-state index in [1.807, 2.05) is 30.3 Å². The predicted octanol–water partition coefficient (Wildman–Crippen LogP) is 3.84. The summed E-state index contributed by atoms with van der Waals surface area (Å²) in [4.78, 5) is 4.10. The molecule has 0 aromatic heterocycles. The Hall–Kier alpha value is -0.840. The van der Waals surface area contributed by atoms with Crippen molar-refractivity contribution in [2.24, 2.45) is 10.9 Å². The van der Waals surface area contributed by atoms with Gasteiger partial charge < -0.3 is 10.6 Å². The SMILES string of the molecule is CN=C(NCCS(=O)Cc1ccccc1)NC1CCC(C(F)(F)F)CC1.I. The van der Waals surface area contributed by atoms with Crippen LogP contribution < -0.4 is 10.6 Å². The topological polar surface area (TPSA) is 53.5 Å². The van der Waals surface area contributed by atoms with Crippen LogP contribution in [0.5, 0.6) is 0 Å². The standard InChI is InChI=1S/C18H26F3N3OS.HI/c1-22-17(24-16-9-7-15(8-10-16)18(19,20)21)23-11-12-26(25)13-14-5-3-2-4-6-14;/h2-6,15-16H,7-13H2,1H3,(H2,22,23,24);1H. The highest BCUT2D eigenvalue weighted by atomic mass is 127. The Morgan fingerprint density at radius 3 is 2.37 bits per heavy atom. The average Bonchev–Trinajstić information content (AvgIpc) is 2.61. The zero-order chi connectivity index (χ0) is 19.0. The molecular weight excluding hydrogens is 490 g/mol. The molecule has 0 bridgehead atoms. The van der Waals surface area contributed by atoms with Gasteiger partial charge in [0.25, 0.3) is 0 Å². The molecule has 27 heavy (non-hydrogen) atoms. The largest absolute Gasteiger partial charge is 0.391 e. The number of aliphatic imine (C=N–C) groups is 1. The van der Waals surface area contributed by atoms with Crippen molar-refractivity contribution in [2.45, 2.75) is 43.7 Å². The van der Waals surface area contributed by atoms with E-state index in [0.717, 1.165) is 5.56 Å². The normalized spacial score (nSPS) is 21.9. The van der Waals surface area contributed by atoms with Crippen LogP contribution in [0.15, 0.2) is 35.3 Å². The summed E-state index contributed by atoms with van der Waals surface area (Å²) >= 11 is 0. The molecule has 2 N–H and O–H groups in total. The molecule has 1 unspecified atom stereocenters. The van der Waals surface area contributed by atoms with Gasteiger partial charge in [-0.2, -0.15) is 13.2 Å². The maximum Gasteiger partial charge on any atom is 0.391 e. The smallest absolute Gasteiger partial charge is 0.355 e. The van der Waals surface area contributed by atoms with Gasteiger partial charge in [-0.1, -0.05) is 30.3 Å². The minimum atomic E-state index is -4.09. The van der Waals surface area contributed by atoms with E-state index in [9.17, 15) is 17.4 Å². The van der Waals surface area contributed by atoms with Crippen molar-refractivity contribution in [1.82, 2.24) is 10.6 Å². The Kier molecular flexibility index (Phi) is 10.6. The predicted molar refractivity (Wildman–Crippen MR) is 115 cm³/mol. The number of alkyl halides is 3. The lowest BCUT2D eigenvalue weighted by Gasteiger charge is -2.31. The third-order valence-corrected chi connectivity index (χ3v) is 5.86. The highest BCUT2D eigenvalue weighted by Gasteiger charge is 2.41. The van der Waals surface area contributed by atoms with Gasteiger partial charge in [-0.15, -0.1) is 24.0 Å². The van der Waals surface area contributed by atoms with Crippen LogP contribution in [0.25, 0.3) is 0 Å². The van der Waals surface area contributed by atoms with E-state index < -0.39 is 22.9 Å². The van der Waals surface area contributed by atoms with Crippen LogP contribution in [0.3, 0.4) is 0 Å². The van der Waals surface area contributed by atoms with Crippen molar-refractivity contribution in [3.63, 3.8) is 0 Å². The van der Waals surface area contributed by atoms with Crippen molar-refractivity contribution in [3.05, 3.63) is 35.9 Å². The van der Waals surface area contributed by atoms with Crippen LogP contribution in [0.1, 0.15) is 31.2 Å². The average molecular weight is 517 g/mol. The molecule has 2 rings (SSSR count). The molecule has 1 aromatic carbocycles. The van der Waals surface area contributed by atoms with E-state index in [-0.39, 0.29) is 42.9 Å². The first-order chi connectivity index (χ1) is 12.4. The summed E-state index contributed by atoms with van der Waals surface area (Å²) in [7, 11) is 0.641. The quantitative estimate of drug-likeness (QED) is 0.343. The first-order valence-electron chi connectivity index (χ1n) is 8.81. The number of hydrogen-bond donors (Lipinski definition) is 2. The van der Waals surface area contributed by atoms with Crippen molar-refractivity contribution < 1.29 is 17.4 Å². The van der Waals surface area contributed by atoms with E-state index in [1.165, 1.54) is 0 Å². The first-order valence-corrected chi connectivity index (χ1v) is 10.3. The number of benzene rings is 1. The van der Waals surface area contributed by atoms with Gasteiger partial charge in [0, 0.05) is 41.9 Å². The molecule has 1 saturated carbocycles. The third kappa shape index (κ3) is 8.80. The van der Waals surface area contributed by atoms with Crippen molar-refractivity contribution in [3.8, 4) is 0 Å². The number of rotatable bonds is 6. The summed E-state index contributed by atoms with van der Waals surface area (Å²) < 4.78 is 50.2. The fourth-order valence-electron chi connectivity index (χ4n) is 3.07. The Morgan fingerprint density at radius 1 is 1.19 bits per heavy atom. The van der Waals surface area contributed by atoms with Gasteiger partial charge in [0.15, 0.2) is 5.96 Å². The molecule has 0 heterocycles. The maximum absolute atomic E-state index is 12.7. The fourth-order valence-corrected chi connectivity index (χ4v) is 4.11. The van der Waals surface area contributed by atoms with Crippen LogP contribution >= 0.6 is 24.0 Å². The molecule has 154 valence electrons. The molecule has 1 aliphatic carbocycles. The maximum atomic E-state index is 12.7. The molecule has 0 amide bonds. The number of nitrogens with one attached hydrogen (secondary N) is 2. The molecule has 0 saturated heterocycles. The molecule has 0 spiro atoms. The van der Waals surface area contributed by atoms with Crippen LogP contribution in [0, 0.1) is 5.92 Å². The lowest BCUT2D eigenvalue weighted by Crippen LogP contribution is -2.46. The van der Waals surface area contributed by atoms with Crippen molar-refractivity contribution in [1.29, 1.82) is 0 Å². The van der Waals surface area contributed by atoms with Crippen LogP contribution in [0.2, 0.25) is 0 Å².